The Morgan fingerprint density at radius 3 is 2.63 bits per heavy atom. The second-order valence-corrected chi connectivity index (χ2v) is 5.14. The number of benzene rings is 2. The van der Waals surface area contributed by atoms with E-state index in [2.05, 4.69) is 21.2 Å². The largest absolute Gasteiger partial charge is 0.398 e. The summed E-state index contributed by atoms with van der Waals surface area (Å²) < 4.78 is 0.843. The Morgan fingerprint density at radius 2 is 1.89 bits per heavy atom. The standard InChI is InChI=1S/C15H15BrN2O/c16-12-6-7-14(17)13(10-12)15(19)18-9-8-11-4-2-1-3-5-11/h1-7,10H,8-9,17H2,(H,18,19). The van der Waals surface area contributed by atoms with Crippen molar-refractivity contribution in [2.24, 2.45) is 0 Å². The minimum absolute atomic E-state index is 0.144. The number of amides is 1. The number of halogens is 1. The van der Waals surface area contributed by atoms with Gasteiger partial charge in [0.2, 0.25) is 0 Å². The van der Waals surface area contributed by atoms with Crippen LogP contribution in [0.3, 0.4) is 0 Å². The van der Waals surface area contributed by atoms with E-state index in [0.29, 0.717) is 17.8 Å². The molecule has 19 heavy (non-hydrogen) atoms. The van der Waals surface area contributed by atoms with Gasteiger partial charge in [0.05, 0.1) is 5.56 Å². The van der Waals surface area contributed by atoms with E-state index in [1.54, 1.807) is 12.1 Å². The Labute approximate surface area is 121 Å². The van der Waals surface area contributed by atoms with E-state index in [-0.39, 0.29) is 5.91 Å². The third-order valence-corrected chi connectivity index (χ3v) is 3.30. The van der Waals surface area contributed by atoms with Crippen molar-refractivity contribution in [2.45, 2.75) is 6.42 Å². The molecule has 0 spiro atoms. The molecule has 2 aromatic carbocycles. The van der Waals surface area contributed by atoms with Gasteiger partial charge >= 0.3 is 0 Å². The zero-order valence-electron chi connectivity index (χ0n) is 10.4. The lowest BCUT2D eigenvalue weighted by molar-refractivity contribution is 0.0955. The number of anilines is 1. The summed E-state index contributed by atoms with van der Waals surface area (Å²) in [5.41, 5.74) is 7.98. The Hall–Kier alpha value is -1.81. The molecule has 0 bridgehead atoms. The number of hydrogen-bond acceptors (Lipinski definition) is 2. The molecule has 0 saturated heterocycles. The molecule has 98 valence electrons. The van der Waals surface area contributed by atoms with Gasteiger partial charge in [0, 0.05) is 16.7 Å². The van der Waals surface area contributed by atoms with Gasteiger partial charge in [-0.2, -0.15) is 0 Å². The van der Waals surface area contributed by atoms with Crippen molar-refractivity contribution in [3.63, 3.8) is 0 Å². The van der Waals surface area contributed by atoms with Crippen LogP contribution in [0.2, 0.25) is 0 Å². The van der Waals surface area contributed by atoms with Gasteiger partial charge in [0.1, 0.15) is 0 Å². The number of nitrogen functional groups attached to an aromatic ring is 1. The quantitative estimate of drug-likeness (QED) is 0.851. The normalized spacial score (nSPS) is 10.2. The van der Waals surface area contributed by atoms with Crippen LogP contribution in [-0.4, -0.2) is 12.5 Å². The van der Waals surface area contributed by atoms with Crippen LogP contribution in [0.1, 0.15) is 15.9 Å². The maximum atomic E-state index is 12.0. The lowest BCUT2D eigenvalue weighted by atomic mass is 10.1. The number of hydrogen-bond donors (Lipinski definition) is 2. The Morgan fingerprint density at radius 1 is 1.16 bits per heavy atom. The van der Waals surface area contributed by atoms with E-state index in [4.69, 9.17) is 5.73 Å². The molecule has 3 N–H and O–H groups in total. The summed E-state index contributed by atoms with van der Waals surface area (Å²) in [6.45, 7) is 0.592. The van der Waals surface area contributed by atoms with E-state index in [1.165, 1.54) is 5.56 Å². The average Bonchev–Trinajstić information content (AvgIpc) is 2.42. The van der Waals surface area contributed by atoms with Crippen molar-refractivity contribution in [3.8, 4) is 0 Å². The van der Waals surface area contributed by atoms with Crippen molar-refractivity contribution in [1.29, 1.82) is 0 Å². The maximum Gasteiger partial charge on any atom is 0.253 e. The average molecular weight is 319 g/mol. The van der Waals surface area contributed by atoms with Crippen molar-refractivity contribution in [3.05, 3.63) is 64.1 Å². The summed E-state index contributed by atoms with van der Waals surface area (Å²) >= 11 is 3.33. The molecule has 0 atom stereocenters. The fourth-order valence-corrected chi connectivity index (χ4v) is 2.15. The highest BCUT2D eigenvalue weighted by molar-refractivity contribution is 9.10. The molecule has 0 aliphatic carbocycles. The van der Waals surface area contributed by atoms with Crippen molar-refractivity contribution in [1.82, 2.24) is 5.32 Å². The predicted octanol–water partition coefficient (Wildman–Crippen LogP) is 3.00. The zero-order valence-corrected chi connectivity index (χ0v) is 12.0. The first-order valence-electron chi connectivity index (χ1n) is 6.04. The van der Waals surface area contributed by atoms with E-state index in [1.807, 2.05) is 36.4 Å². The molecule has 0 aliphatic heterocycles. The first kappa shape index (κ1) is 13.6. The van der Waals surface area contributed by atoms with E-state index in [9.17, 15) is 4.79 Å². The summed E-state index contributed by atoms with van der Waals surface area (Å²) in [6.07, 6.45) is 0.806. The highest BCUT2D eigenvalue weighted by Crippen LogP contribution is 2.18. The fourth-order valence-electron chi connectivity index (χ4n) is 1.79. The van der Waals surface area contributed by atoms with E-state index >= 15 is 0 Å². The molecule has 2 rings (SSSR count). The first-order chi connectivity index (χ1) is 9.16. The zero-order chi connectivity index (χ0) is 13.7. The van der Waals surface area contributed by atoms with Crippen LogP contribution in [0.25, 0.3) is 0 Å². The van der Waals surface area contributed by atoms with Crippen LogP contribution in [0.15, 0.2) is 53.0 Å². The molecule has 0 unspecified atom stereocenters. The first-order valence-corrected chi connectivity index (χ1v) is 6.83. The maximum absolute atomic E-state index is 12.0. The SMILES string of the molecule is Nc1ccc(Br)cc1C(=O)NCCc1ccccc1. The van der Waals surface area contributed by atoms with Crippen LogP contribution in [0.5, 0.6) is 0 Å². The smallest absolute Gasteiger partial charge is 0.253 e. The third-order valence-electron chi connectivity index (χ3n) is 2.80. The second kappa shape index (κ2) is 6.38. The van der Waals surface area contributed by atoms with Gasteiger partial charge in [-0.1, -0.05) is 46.3 Å². The topological polar surface area (TPSA) is 55.1 Å². The Bertz CT molecular complexity index is 570. The molecule has 0 aromatic heterocycles. The molecule has 3 nitrogen and oxygen atoms in total. The number of nitrogens with one attached hydrogen (secondary N) is 1. The van der Waals surface area contributed by atoms with Gasteiger partial charge in [-0.25, -0.2) is 0 Å². The van der Waals surface area contributed by atoms with E-state index in [0.717, 1.165) is 10.9 Å². The molecule has 0 aliphatic rings. The van der Waals surface area contributed by atoms with Gasteiger partial charge in [0.25, 0.3) is 5.91 Å². The molecule has 4 heteroatoms. The fraction of sp³-hybridized carbons (Fsp3) is 0.133. The third kappa shape index (κ3) is 3.83. The van der Waals surface area contributed by atoms with Gasteiger partial charge < -0.3 is 11.1 Å². The minimum Gasteiger partial charge on any atom is -0.398 e. The summed E-state index contributed by atoms with van der Waals surface area (Å²) in [5.74, 6) is -0.144. The van der Waals surface area contributed by atoms with Gasteiger partial charge in [0.15, 0.2) is 0 Å². The second-order valence-electron chi connectivity index (χ2n) is 4.22. The van der Waals surface area contributed by atoms with Crippen LogP contribution in [-0.2, 0) is 6.42 Å². The summed E-state index contributed by atoms with van der Waals surface area (Å²) in [7, 11) is 0. The number of rotatable bonds is 4. The summed E-state index contributed by atoms with van der Waals surface area (Å²) in [4.78, 5) is 12.0. The molecular weight excluding hydrogens is 304 g/mol. The highest BCUT2D eigenvalue weighted by Gasteiger charge is 2.09. The van der Waals surface area contributed by atoms with Crippen molar-refractivity contribution >= 4 is 27.5 Å². The summed E-state index contributed by atoms with van der Waals surface area (Å²) in [6, 6.07) is 15.3. The monoisotopic (exact) mass is 318 g/mol. The molecular formula is C15H15BrN2O. The molecule has 0 fully saturated rings. The predicted molar refractivity (Wildman–Crippen MR) is 81.0 cm³/mol. The molecule has 0 heterocycles. The van der Waals surface area contributed by atoms with Crippen LogP contribution < -0.4 is 11.1 Å². The Kier molecular flexibility index (Phi) is 4.58. The van der Waals surface area contributed by atoms with E-state index < -0.39 is 0 Å². The molecule has 0 saturated carbocycles. The van der Waals surface area contributed by atoms with Crippen LogP contribution in [0, 0.1) is 0 Å². The van der Waals surface area contributed by atoms with Crippen LogP contribution >= 0.6 is 15.9 Å². The van der Waals surface area contributed by atoms with Gasteiger partial charge in [-0.3, -0.25) is 4.79 Å². The number of carbonyl (C=O) groups excluding carboxylic acids is 1. The Balaban J connectivity index is 1.93. The number of carbonyl (C=O) groups is 1. The van der Waals surface area contributed by atoms with Gasteiger partial charge in [-0.05, 0) is 30.2 Å². The molecule has 0 radical (unpaired) electrons. The molecule has 1 amide bonds. The summed E-state index contributed by atoms with van der Waals surface area (Å²) in [5, 5.41) is 2.88. The highest BCUT2D eigenvalue weighted by atomic mass is 79.9. The van der Waals surface area contributed by atoms with Crippen LogP contribution in [0.4, 0.5) is 5.69 Å². The van der Waals surface area contributed by atoms with Gasteiger partial charge in [-0.15, -0.1) is 0 Å². The van der Waals surface area contributed by atoms with Crippen molar-refractivity contribution < 1.29 is 4.79 Å². The lowest BCUT2D eigenvalue weighted by Gasteiger charge is -2.08. The van der Waals surface area contributed by atoms with Crippen molar-refractivity contribution in [2.75, 3.05) is 12.3 Å². The molecule has 2 aromatic rings. The lowest BCUT2D eigenvalue weighted by Crippen LogP contribution is -2.26. The minimum atomic E-state index is -0.144. The number of nitrogens with two attached hydrogens (primary N) is 1.